The summed E-state index contributed by atoms with van der Waals surface area (Å²) in [4.78, 5) is 0. The largest absolute Gasteiger partial charge is 0.544 e. The van der Waals surface area contributed by atoms with Gasteiger partial charge in [-0.05, 0) is 42.8 Å². The Kier molecular flexibility index (Phi) is 4.82. The molecule has 108 valence electrons. The van der Waals surface area contributed by atoms with E-state index in [0.717, 1.165) is 11.3 Å². The van der Waals surface area contributed by atoms with Gasteiger partial charge in [0.25, 0.3) is 0 Å². The van der Waals surface area contributed by atoms with E-state index in [4.69, 9.17) is 10.2 Å². The van der Waals surface area contributed by atoms with Gasteiger partial charge < -0.3 is 15.3 Å². The maximum atomic E-state index is 10.2. The van der Waals surface area contributed by atoms with Crippen molar-refractivity contribution in [1.29, 1.82) is 0 Å². The molecule has 0 saturated carbocycles. The molecule has 2 atom stereocenters. The number of hydrogen-bond donors (Lipinski definition) is 2. The van der Waals surface area contributed by atoms with E-state index in [1.807, 2.05) is 45.0 Å². The van der Waals surface area contributed by atoms with Crippen molar-refractivity contribution in [2.45, 2.75) is 52.6 Å². The van der Waals surface area contributed by atoms with Crippen LogP contribution in [0.2, 0.25) is 19.6 Å². The third kappa shape index (κ3) is 4.97. The van der Waals surface area contributed by atoms with Crippen molar-refractivity contribution in [2.75, 3.05) is 0 Å². The summed E-state index contributed by atoms with van der Waals surface area (Å²) in [7, 11) is -1.57. The SMILES string of the molecule is CC(C)(C)[C@@H](O)[C@@H](N)c1ccc(O[Si](C)(C)C)cc1. The summed E-state index contributed by atoms with van der Waals surface area (Å²) in [6.07, 6.45) is -0.573. The van der Waals surface area contributed by atoms with E-state index >= 15 is 0 Å². The summed E-state index contributed by atoms with van der Waals surface area (Å²) in [5, 5.41) is 10.2. The molecule has 0 aliphatic heterocycles. The molecule has 4 heteroatoms. The molecule has 3 nitrogen and oxygen atoms in total. The lowest BCUT2D eigenvalue weighted by molar-refractivity contribution is 0.0401. The third-order valence-electron chi connectivity index (χ3n) is 2.92. The van der Waals surface area contributed by atoms with Crippen LogP contribution in [0.3, 0.4) is 0 Å². The van der Waals surface area contributed by atoms with Gasteiger partial charge in [0.2, 0.25) is 8.32 Å². The van der Waals surface area contributed by atoms with E-state index in [9.17, 15) is 5.11 Å². The first-order valence-electron chi connectivity index (χ1n) is 6.73. The van der Waals surface area contributed by atoms with Crippen molar-refractivity contribution in [1.82, 2.24) is 0 Å². The Bertz CT molecular complexity index is 404. The molecule has 0 amide bonds. The molecular weight excluding hydrogens is 254 g/mol. The van der Waals surface area contributed by atoms with Crippen molar-refractivity contribution in [3.05, 3.63) is 29.8 Å². The smallest absolute Gasteiger partial charge is 0.242 e. The second-order valence-corrected chi connectivity index (χ2v) is 11.5. The van der Waals surface area contributed by atoms with Crippen LogP contribution in [0.5, 0.6) is 5.75 Å². The van der Waals surface area contributed by atoms with Crippen LogP contribution in [0, 0.1) is 5.41 Å². The monoisotopic (exact) mass is 281 g/mol. The van der Waals surface area contributed by atoms with Crippen LogP contribution in [0.15, 0.2) is 24.3 Å². The number of aliphatic hydroxyl groups excluding tert-OH is 1. The van der Waals surface area contributed by atoms with Crippen molar-refractivity contribution >= 4 is 8.32 Å². The molecule has 0 fully saturated rings. The van der Waals surface area contributed by atoms with Crippen molar-refractivity contribution < 1.29 is 9.53 Å². The highest BCUT2D eigenvalue weighted by Crippen LogP contribution is 2.29. The van der Waals surface area contributed by atoms with Crippen molar-refractivity contribution in [3.63, 3.8) is 0 Å². The minimum atomic E-state index is -1.57. The van der Waals surface area contributed by atoms with E-state index in [1.165, 1.54) is 0 Å². The van der Waals surface area contributed by atoms with Gasteiger partial charge in [0.1, 0.15) is 5.75 Å². The van der Waals surface area contributed by atoms with Crippen LogP contribution in [-0.2, 0) is 0 Å². The predicted molar refractivity (Wildman–Crippen MR) is 82.8 cm³/mol. The zero-order valence-corrected chi connectivity index (χ0v) is 13.9. The van der Waals surface area contributed by atoms with Crippen LogP contribution in [0.1, 0.15) is 32.4 Å². The fraction of sp³-hybridized carbons (Fsp3) is 0.600. The number of nitrogens with two attached hydrogens (primary N) is 1. The topological polar surface area (TPSA) is 55.5 Å². The second kappa shape index (κ2) is 5.65. The summed E-state index contributed by atoms with van der Waals surface area (Å²) >= 11 is 0. The standard InChI is InChI=1S/C15H27NO2Si/c1-15(2,3)14(17)13(16)11-7-9-12(10-8-11)18-19(4,5)6/h7-10,13-14,17H,16H2,1-6H3/t13-,14-/m0/s1. The minimum absolute atomic E-state index is 0.229. The highest BCUT2D eigenvalue weighted by Gasteiger charge is 2.29. The van der Waals surface area contributed by atoms with E-state index in [0.29, 0.717) is 0 Å². The molecule has 0 saturated heterocycles. The predicted octanol–water partition coefficient (Wildman–Crippen LogP) is 3.31. The minimum Gasteiger partial charge on any atom is -0.544 e. The Balaban J connectivity index is 2.82. The average Bonchev–Trinajstić information content (AvgIpc) is 2.24. The lowest BCUT2D eigenvalue weighted by atomic mass is 9.82. The molecular formula is C15H27NO2Si. The first-order valence-corrected chi connectivity index (χ1v) is 10.1. The number of aliphatic hydroxyl groups is 1. The maximum absolute atomic E-state index is 10.2. The Morgan fingerprint density at radius 2 is 1.58 bits per heavy atom. The maximum Gasteiger partial charge on any atom is 0.242 e. The molecule has 19 heavy (non-hydrogen) atoms. The van der Waals surface area contributed by atoms with Gasteiger partial charge in [-0.2, -0.15) is 0 Å². The van der Waals surface area contributed by atoms with Gasteiger partial charge in [-0.25, -0.2) is 0 Å². The van der Waals surface area contributed by atoms with Crippen LogP contribution < -0.4 is 10.2 Å². The first-order chi connectivity index (χ1) is 8.50. The molecule has 0 bridgehead atoms. The van der Waals surface area contributed by atoms with Crippen LogP contribution in [0.25, 0.3) is 0 Å². The molecule has 0 radical (unpaired) electrons. The molecule has 1 rings (SSSR count). The van der Waals surface area contributed by atoms with Crippen LogP contribution >= 0.6 is 0 Å². The molecule has 1 aromatic rings. The Hall–Kier alpha value is -0.843. The second-order valence-electron chi connectivity index (χ2n) is 7.12. The Labute approximate surface area is 117 Å². The van der Waals surface area contributed by atoms with Gasteiger partial charge in [0.15, 0.2) is 0 Å². The van der Waals surface area contributed by atoms with Crippen LogP contribution in [0.4, 0.5) is 0 Å². The molecule has 3 N–H and O–H groups in total. The van der Waals surface area contributed by atoms with E-state index in [2.05, 4.69) is 19.6 Å². The molecule has 0 aliphatic carbocycles. The molecule has 0 spiro atoms. The van der Waals surface area contributed by atoms with Gasteiger partial charge in [-0.15, -0.1) is 0 Å². The molecule has 0 aromatic heterocycles. The molecule has 0 unspecified atom stereocenters. The Morgan fingerprint density at radius 1 is 1.11 bits per heavy atom. The van der Waals surface area contributed by atoms with Gasteiger partial charge in [0, 0.05) is 0 Å². The number of benzene rings is 1. The fourth-order valence-electron chi connectivity index (χ4n) is 1.83. The first kappa shape index (κ1) is 16.2. The van der Waals surface area contributed by atoms with Crippen molar-refractivity contribution in [3.8, 4) is 5.75 Å². The number of rotatable bonds is 4. The van der Waals surface area contributed by atoms with E-state index in [-0.39, 0.29) is 11.5 Å². The molecule has 1 aromatic carbocycles. The van der Waals surface area contributed by atoms with Gasteiger partial charge in [-0.1, -0.05) is 32.9 Å². The summed E-state index contributed by atoms with van der Waals surface area (Å²) < 4.78 is 5.90. The number of hydrogen-bond acceptors (Lipinski definition) is 3. The average molecular weight is 281 g/mol. The zero-order valence-electron chi connectivity index (χ0n) is 12.9. The molecule has 0 aliphatic rings. The van der Waals surface area contributed by atoms with E-state index < -0.39 is 14.4 Å². The zero-order chi connectivity index (χ0) is 14.8. The highest BCUT2D eigenvalue weighted by atomic mass is 28.4. The summed E-state index contributed by atoms with van der Waals surface area (Å²) in [6.45, 7) is 12.4. The normalized spacial score (nSPS) is 16.0. The van der Waals surface area contributed by atoms with Gasteiger partial charge in [0.05, 0.1) is 12.1 Å². The van der Waals surface area contributed by atoms with Crippen molar-refractivity contribution in [2.24, 2.45) is 11.1 Å². The summed E-state index contributed by atoms with van der Waals surface area (Å²) in [5.74, 6) is 0.875. The fourth-order valence-corrected chi connectivity index (χ4v) is 2.68. The molecule has 0 heterocycles. The van der Waals surface area contributed by atoms with Gasteiger partial charge >= 0.3 is 0 Å². The van der Waals surface area contributed by atoms with E-state index in [1.54, 1.807) is 0 Å². The van der Waals surface area contributed by atoms with Gasteiger partial charge in [-0.3, -0.25) is 0 Å². The lowest BCUT2D eigenvalue weighted by Crippen LogP contribution is -2.37. The lowest BCUT2D eigenvalue weighted by Gasteiger charge is -2.31. The highest BCUT2D eigenvalue weighted by molar-refractivity contribution is 6.70. The van der Waals surface area contributed by atoms with Crippen LogP contribution in [-0.4, -0.2) is 19.5 Å². The summed E-state index contributed by atoms with van der Waals surface area (Å²) in [5.41, 5.74) is 6.83. The quantitative estimate of drug-likeness (QED) is 0.833. The Morgan fingerprint density at radius 3 is 1.95 bits per heavy atom. The third-order valence-corrected chi connectivity index (χ3v) is 3.76. The summed E-state index contributed by atoms with van der Waals surface area (Å²) in [6, 6.07) is 7.37.